The maximum Gasteiger partial charge on any atom is 0.224 e. The molecule has 4 aliphatic heterocycles. The number of nitrogens with one attached hydrogen (secondary N) is 1. The summed E-state index contributed by atoms with van der Waals surface area (Å²) < 4.78 is 26.6. The fraction of sp³-hybridized carbons (Fsp3) is 0.739. The number of hydrogen-bond acceptors (Lipinski definition) is 6. The Morgan fingerprint density at radius 3 is 2.90 bits per heavy atom. The summed E-state index contributed by atoms with van der Waals surface area (Å²) in [6.45, 7) is 6.37. The molecular formula is C23H31FN2O5. The van der Waals surface area contributed by atoms with Gasteiger partial charge in [-0.3, -0.25) is 9.78 Å². The Bertz CT molecular complexity index is 855. The predicted octanol–water partition coefficient (Wildman–Crippen LogP) is 4.19. The lowest BCUT2D eigenvalue weighted by atomic mass is 9.57. The van der Waals surface area contributed by atoms with Crippen molar-refractivity contribution < 1.29 is 28.4 Å². The number of carbonyl (C=O) groups excluding carboxylic acids is 1. The minimum absolute atomic E-state index is 0.142. The van der Waals surface area contributed by atoms with Gasteiger partial charge in [0.15, 0.2) is 17.7 Å². The Balaban J connectivity index is 1.32. The van der Waals surface area contributed by atoms with Gasteiger partial charge in [-0.2, -0.15) is 0 Å². The third-order valence-electron chi connectivity index (χ3n) is 8.00. The highest BCUT2D eigenvalue weighted by atomic mass is 19.1. The van der Waals surface area contributed by atoms with Crippen molar-refractivity contribution in [3.8, 4) is 0 Å². The van der Waals surface area contributed by atoms with Crippen molar-refractivity contribution in [3.05, 3.63) is 24.3 Å². The van der Waals surface area contributed by atoms with Crippen LogP contribution in [0.1, 0.15) is 59.3 Å². The molecule has 5 fully saturated rings. The van der Waals surface area contributed by atoms with Gasteiger partial charge in [0.05, 0.1) is 18.0 Å². The van der Waals surface area contributed by atoms with Gasteiger partial charge < -0.3 is 14.8 Å². The largest absolute Gasteiger partial charge is 0.346 e. The first-order valence-electron chi connectivity index (χ1n) is 11.4. The van der Waals surface area contributed by atoms with Crippen LogP contribution in [0.25, 0.3) is 0 Å². The fourth-order valence-corrected chi connectivity index (χ4v) is 6.27. The highest BCUT2D eigenvalue weighted by Gasteiger charge is 2.69. The highest BCUT2D eigenvalue weighted by molar-refractivity contribution is 5.90. The van der Waals surface area contributed by atoms with E-state index in [2.05, 4.69) is 24.1 Å². The maximum atomic E-state index is 13.8. The molecule has 1 amide bonds. The van der Waals surface area contributed by atoms with Crippen molar-refractivity contribution in [1.82, 2.24) is 4.98 Å². The molecule has 1 N–H and O–H groups in total. The summed E-state index contributed by atoms with van der Waals surface area (Å²) in [6.07, 6.45) is 6.58. The molecule has 0 aromatic carbocycles. The second-order valence-corrected chi connectivity index (χ2v) is 9.89. The predicted molar refractivity (Wildman–Crippen MR) is 109 cm³/mol. The lowest BCUT2D eigenvalue weighted by Crippen LogP contribution is -2.70. The third kappa shape index (κ3) is 3.48. The zero-order valence-corrected chi connectivity index (χ0v) is 18.3. The number of anilines is 1. The molecule has 1 aromatic rings. The number of rotatable bonds is 4. The first kappa shape index (κ1) is 21.2. The Morgan fingerprint density at radius 1 is 1.26 bits per heavy atom. The summed E-state index contributed by atoms with van der Waals surface area (Å²) in [5, 5.41) is 2.63. The van der Waals surface area contributed by atoms with Crippen LogP contribution in [0.15, 0.2) is 18.5 Å². The van der Waals surface area contributed by atoms with Crippen molar-refractivity contribution in [2.75, 3.05) is 5.32 Å². The molecule has 1 unspecified atom stereocenters. The molecule has 4 saturated heterocycles. The number of ether oxygens (including phenoxy) is 2. The second-order valence-electron chi connectivity index (χ2n) is 9.89. The minimum Gasteiger partial charge on any atom is -0.346 e. The minimum atomic E-state index is -0.807. The number of nitrogens with zero attached hydrogens (tertiary/aromatic N) is 1. The lowest BCUT2D eigenvalue weighted by molar-refractivity contribution is -0.571. The summed E-state index contributed by atoms with van der Waals surface area (Å²) in [4.78, 5) is 28.1. The zero-order chi connectivity index (χ0) is 21.8. The number of aromatic nitrogens is 1. The lowest BCUT2D eigenvalue weighted by Gasteiger charge is -2.60. The van der Waals surface area contributed by atoms with Crippen molar-refractivity contribution >= 4 is 11.6 Å². The topological polar surface area (TPSA) is 78.9 Å². The number of pyridine rings is 1. The molecular weight excluding hydrogens is 403 g/mol. The summed E-state index contributed by atoms with van der Waals surface area (Å²) in [5.74, 6) is -0.338. The van der Waals surface area contributed by atoms with Crippen LogP contribution >= 0.6 is 0 Å². The molecule has 6 rings (SSSR count). The van der Waals surface area contributed by atoms with E-state index in [4.69, 9.17) is 19.2 Å². The van der Waals surface area contributed by atoms with Crippen LogP contribution in [-0.2, 0) is 24.0 Å². The van der Waals surface area contributed by atoms with Crippen LogP contribution in [0.5, 0.6) is 0 Å². The van der Waals surface area contributed by atoms with Crippen LogP contribution in [0.2, 0.25) is 0 Å². The molecule has 8 heteroatoms. The molecule has 31 heavy (non-hydrogen) atoms. The van der Waals surface area contributed by atoms with E-state index in [1.165, 1.54) is 12.3 Å². The van der Waals surface area contributed by atoms with Gasteiger partial charge >= 0.3 is 0 Å². The molecule has 8 atom stereocenters. The molecule has 1 aliphatic carbocycles. The van der Waals surface area contributed by atoms with Crippen molar-refractivity contribution in [2.24, 2.45) is 23.7 Å². The van der Waals surface area contributed by atoms with Crippen LogP contribution in [0.3, 0.4) is 0 Å². The van der Waals surface area contributed by atoms with E-state index in [1.807, 2.05) is 6.92 Å². The number of fused-ring (bicyclic) bond motifs is 2. The quantitative estimate of drug-likeness (QED) is 0.716. The SMILES string of the molecule is C[C@H]1[C@@H](CCC(=O)Nc2ccncc2F)O[C@@H]2OC3(C)CC[C@H]4[C@H](C)CC[C@@H]1[C@@]24OO3. The maximum absolute atomic E-state index is 13.8. The van der Waals surface area contributed by atoms with Crippen molar-refractivity contribution in [3.63, 3.8) is 0 Å². The average molecular weight is 435 g/mol. The van der Waals surface area contributed by atoms with Gasteiger partial charge in [-0.05, 0) is 56.4 Å². The van der Waals surface area contributed by atoms with Crippen LogP contribution in [0, 0.1) is 29.5 Å². The monoisotopic (exact) mass is 434 g/mol. The fourth-order valence-electron chi connectivity index (χ4n) is 6.27. The molecule has 2 bridgehead atoms. The number of amides is 1. The van der Waals surface area contributed by atoms with E-state index in [9.17, 15) is 9.18 Å². The smallest absolute Gasteiger partial charge is 0.224 e. The van der Waals surface area contributed by atoms with E-state index >= 15 is 0 Å². The van der Waals surface area contributed by atoms with Gasteiger partial charge in [0.2, 0.25) is 11.7 Å². The Morgan fingerprint density at radius 2 is 2.10 bits per heavy atom. The third-order valence-corrected chi connectivity index (χ3v) is 8.00. The molecule has 0 radical (unpaired) electrons. The van der Waals surface area contributed by atoms with Gasteiger partial charge in [0.1, 0.15) is 0 Å². The molecule has 7 nitrogen and oxygen atoms in total. The van der Waals surface area contributed by atoms with Crippen molar-refractivity contribution in [1.29, 1.82) is 0 Å². The molecule has 5 heterocycles. The van der Waals surface area contributed by atoms with Crippen molar-refractivity contribution in [2.45, 2.75) is 83.1 Å². The van der Waals surface area contributed by atoms with E-state index in [-0.39, 0.29) is 36.0 Å². The molecule has 1 aromatic heterocycles. The summed E-state index contributed by atoms with van der Waals surface area (Å²) in [7, 11) is 0. The summed E-state index contributed by atoms with van der Waals surface area (Å²) in [6, 6.07) is 1.45. The standard InChI is InChI=1S/C23H31FN2O5/c1-13-4-5-16-14(2)19(6-7-20(27)26-18-9-11-25-12-17(18)24)28-21-23(16)15(13)8-10-22(3,29-21)30-31-23/h9,11-16,19,21H,4-8,10H2,1-3H3,(H,25,26,27)/t13-,14-,15+,16+,19-,21-,22?,23-/m1/s1. The van der Waals surface area contributed by atoms with E-state index in [0.717, 1.165) is 31.9 Å². The normalized spacial score (nSPS) is 43.7. The number of carbonyl (C=O) groups is 1. The van der Waals surface area contributed by atoms with Gasteiger partial charge in [-0.15, -0.1) is 0 Å². The number of hydrogen-bond donors (Lipinski definition) is 1. The van der Waals surface area contributed by atoms with E-state index in [0.29, 0.717) is 18.3 Å². The Kier molecular flexibility index (Phi) is 5.32. The van der Waals surface area contributed by atoms with Gasteiger partial charge in [-0.1, -0.05) is 13.8 Å². The Hall–Kier alpha value is -1.61. The van der Waals surface area contributed by atoms with Crippen LogP contribution in [0.4, 0.5) is 10.1 Å². The van der Waals surface area contributed by atoms with E-state index < -0.39 is 23.5 Å². The van der Waals surface area contributed by atoms with Gasteiger partial charge in [0, 0.05) is 25.0 Å². The van der Waals surface area contributed by atoms with Crippen LogP contribution in [-0.4, -0.2) is 34.7 Å². The molecule has 170 valence electrons. The van der Waals surface area contributed by atoms with E-state index in [1.54, 1.807) is 0 Å². The zero-order valence-electron chi connectivity index (χ0n) is 18.3. The summed E-state index contributed by atoms with van der Waals surface area (Å²) in [5.41, 5.74) is -0.449. The highest BCUT2D eigenvalue weighted by Crippen LogP contribution is 2.60. The van der Waals surface area contributed by atoms with Crippen LogP contribution < -0.4 is 5.32 Å². The summed E-state index contributed by atoms with van der Waals surface area (Å²) >= 11 is 0. The molecule has 5 aliphatic rings. The number of halogens is 1. The average Bonchev–Trinajstić information content (AvgIpc) is 2.97. The first-order valence-corrected chi connectivity index (χ1v) is 11.4. The second kappa shape index (κ2) is 7.76. The molecule has 1 spiro atoms. The Labute approximate surface area is 181 Å². The van der Waals surface area contributed by atoms with Gasteiger partial charge in [0.25, 0.3) is 0 Å². The molecule has 1 saturated carbocycles. The van der Waals surface area contributed by atoms with Gasteiger partial charge in [-0.25, -0.2) is 14.2 Å². The first-order chi connectivity index (χ1) is 14.8.